The number of anilines is 2. The van der Waals surface area contributed by atoms with Crippen LogP contribution in [0.2, 0.25) is 0 Å². The van der Waals surface area contributed by atoms with Crippen LogP contribution >= 0.6 is 0 Å². The molecule has 4 heteroatoms. The third-order valence-corrected chi connectivity index (χ3v) is 3.91. The predicted octanol–water partition coefficient (Wildman–Crippen LogP) is 3.61. The highest BCUT2D eigenvalue weighted by Crippen LogP contribution is 2.28. The summed E-state index contributed by atoms with van der Waals surface area (Å²) in [6, 6.07) is 6.44. The van der Waals surface area contributed by atoms with Crippen molar-refractivity contribution in [2.75, 3.05) is 29.9 Å². The summed E-state index contributed by atoms with van der Waals surface area (Å²) in [5, 5.41) is 4.64. The van der Waals surface area contributed by atoms with Gasteiger partial charge in [-0.1, -0.05) is 13.8 Å². The fourth-order valence-electron chi connectivity index (χ4n) is 2.83. The van der Waals surface area contributed by atoms with Gasteiger partial charge in [0.05, 0.1) is 5.52 Å². The van der Waals surface area contributed by atoms with Crippen molar-refractivity contribution in [3.05, 3.63) is 24.0 Å². The van der Waals surface area contributed by atoms with Crippen LogP contribution in [0.4, 0.5) is 11.5 Å². The molecule has 1 aliphatic heterocycles. The van der Waals surface area contributed by atoms with E-state index in [-0.39, 0.29) is 0 Å². The molecule has 1 aliphatic rings. The van der Waals surface area contributed by atoms with Gasteiger partial charge in [-0.15, -0.1) is 0 Å². The van der Waals surface area contributed by atoms with Crippen molar-refractivity contribution in [3.63, 3.8) is 0 Å². The van der Waals surface area contributed by atoms with Crippen molar-refractivity contribution in [3.8, 4) is 0 Å². The Kier molecular flexibility index (Phi) is 3.95. The first-order valence-corrected chi connectivity index (χ1v) is 7.91. The molecular weight excluding hydrogens is 260 g/mol. The number of hydrogen-bond donors (Lipinski definition) is 1. The second kappa shape index (κ2) is 5.88. The van der Waals surface area contributed by atoms with E-state index in [4.69, 9.17) is 0 Å². The van der Waals surface area contributed by atoms with Crippen molar-refractivity contribution in [1.82, 2.24) is 9.97 Å². The lowest BCUT2D eigenvalue weighted by Crippen LogP contribution is -2.20. The average molecular weight is 284 g/mol. The standard InChI is InChI=1S/C17H24N4/c1-12(2)11-18-14-6-7-15-16(10-14)19-13(3)20-17(15)21-8-4-5-9-21/h6-7,10,12,18H,4-5,8-9,11H2,1-3H3. The van der Waals surface area contributed by atoms with Crippen LogP contribution in [-0.4, -0.2) is 29.6 Å². The Morgan fingerprint density at radius 1 is 1.19 bits per heavy atom. The fourth-order valence-corrected chi connectivity index (χ4v) is 2.83. The highest BCUT2D eigenvalue weighted by Gasteiger charge is 2.17. The van der Waals surface area contributed by atoms with Crippen molar-refractivity contribution < 1.29 is 0 Å². The van der Waals surface area contributed by atoms with Crippen LogP contribution < -0.4 is 10.2 Å². The second-order valence-electron chi connectivity index (χ2n) is 6.30. The molecule has 1 fully saturated rings. The number of hydrogen-bond acceptors (Lipinski definition) is 4. The summed E-state index contributed by atoms with van der Waals surface area (Å²) in [6.45, 7) is 9.61. The molecule has 0 atom stereocenters. The van der Waals surface area contributed by atoms with Gasteiger partial charge in [-0.2, -0.15) is 0 Å². The highest BCUT2D eigenvalue weighted by molar-refractivity contribution is 5.91. The number of nitrogens with one attached hydrogen (secondary N) is 1. The van der Waals surface area contributed by atoms with Gasteiger partial charge in [-0.3, -0.25) is 0 Å². The third kappa shape index (κ3) is 3.09. The lowest BCUT2D eigenvalue weighted by Gasteiger charge is -2.19. The van der Waals surface area contributed by atoms with Crippen molar-refractivity contribution >= 4 is 22.4 Å². The van der Waals surface area contributed by atoms with Crippen molar-refractivity contribution in [1.29, 1.82) is 0 Å². The molecular formula is C17H24N4. The van der Waals surface area contributed by atoms with Crippen molar-refractivity contribution in [2.45, 2.75) is 33.6 Å². The van der Waals surface area contributed by atoms with Crippen molar-refractivity contribution in [2.24, 2.45) is 5.92 Å². The molecule has 1 saturated heterocycles. The van der Waals surface area contributed by atoms with E-state index in [1.807, 2.05) is 6.92 Å². The molecule has 0 saturated carbocycles. The zero-order valence-corrected chi connectivity index (χ0v) is 13.2. The largest absolute Gasteiger partial charge is 0.385 e. The molecule has 3 rings (SSSR count). The molecule has 0 radical (unpaired) electrons. The number of fused-ring (bicyclic) bond motifs is 1. The molecule has 112 valence electrons. The molecule has 0 bridgehead atoms. The van der Waals surface area contributed by atoms with Gasteiger partial charge in [0, 0.05) is 30.7 Å². The quantitative estimate of drug-likeness (QED) is 0.931. The van der Waals surface area contributed by atoms with Gasteiger partial charge in [0.25, 0.3) is 0 Å². The highest BCUT2D eigenvalue weighted by atomic mass is 15.2. The fraction of sp³-hybridized carbons (Fsp3) is 0.529. The first-order chi connectivity index (χ1) is 10.1. The van der Waals surface area contributed by atoms with Gasteiger partial charge < -0.3 is 10.2 Å². The lowest BCUT2D eigenvalue weighted by molar-refractivity contribution is 0.689. The van der Waals surface area contributed by atoms with Gasteiger partial charge in [-0.25, -0.2) is 9.97 Å². The first kappa shape index (κ1) is 14.1. The summed E-state index contributed by atoms with van der Waals surface area (Å²) in [7, 11) is 0. The Labute approximate surface area is 126 Å². The first-order valence-electron chi connectivity index (χ1n) is 7.91. The Balaban J connectivity index is 1.97. The number of aryl methyl sites for hydroxylation is 1. The Morgan fingerprint density at radius 3 is 2.67 bits per heavy atom. The van der Waals surface area contributed by atoms with E-state index < -0.39 is 0 Å². The van der Waals surface area contributed by atoms with Crippen LogP contribution in [0.5, 0.6) is 0 Å². The van der Waals surface area contributed by atoms with Crippen LogP contribution in [0.25, 0.3) is 10.9 Å². The van der Waals surface area contributed by atoms with E-state index in [2.05, 4.69) is 52.2 Å². The van der Waals surface area contributed by atoms with Crippen LogP contribution in [0.15, 0.2) is 18.2 Å². The summed E-state index contributed by atoms with van der Waals surface area (Å²) in [5.74, 6) is 2.59. The van der Waals surface area contributed by atoms with Gasteiger partial charge in [-0.05, 0) is 43.9 Å². The monoisotopic (exact) mass is 284 g/mol. The maximum Gasteiger partial charge on any atom is 0.140 e. The van der Waals surface area contributed by atoms with Crippen LogP contribution in [0.1, 0.15) is 32.5 Å². The minimum Gasteiger partial charge on any atom is -0.385 e. The Morgan fingerprint density at radius 2 is 1.95 bits per heavy atom. The van der Waals surface area contributed by atoms with Gasteiger partial charge >= 0.3 is 0 Å². The van der Waals surface area contributed by atoms with E-state index in [0.717, 1.165) is 47.9 Å². The van der Waals surface area contributed by atoms with Crippen LogP contribution in [0.3, 0.4) is 0 Å². The molecule has 2 heterocycles. The molecule has 0 spiro atoms. The maximum absolute atomic E-state index is 4.68. The van der Waals surface area contributed by atoms with E-state index in [1.54, 1.807) is 0 Å². The molecule has 2 aromatic rings. The Hall–Kier alpha value is -1.84. The van der Waals surface area contributed by atoms with E-state index in [9.17, 15) is 0 Å². The Bertz CT molecular complexity index is 630. The summed E-state index contributed by atoms with van der Waals surface area (Å²) >= 11 is 0. The van der Waals surface area contributed by atoms with Gasteiger partial charge in [0.1, 0.15) is 11.6 Å². The number of nitrogens with zero attached hydrogens (tertiary/aromatic N) is 3. The number of aromatic nitrogens is 2. The van der Waals surface area contributed by atoms with E-state index in [1.165, 1.54) is 12.8 Å². The van der Waals surface area contributed by atoms with E-state index >= 15 is 0 Å². The summed E-state index contributed by atoms with van der Waals surface area (Å²) in [5.41, 5.74) is 2.18. The molecule has 21 heavy (non-hydrogen) atoms. The number of rotatable bonds is 4. The minimum atomic E-state index is 0.632. The molecule has 1 N–H and O–H groups in total. The van der Waals surface area contributed by atoms with Crippen LogP contribution in [-0.2, 0) is 0 Å². The summed E-state index contributed by atoms with van der Waals surface area (Å²) in [6.07, 6.45) is 2.52. The zero-order valence-electron chi connectivity index (χ0n) is 13.2. The zero-order chi connectivity index (χ0) is 14.8. The summed E-state index contributed by atoms with van der Waals surface area (Å²) in [4.78, 5) is 11.7. The average Bonchev–Trinajstić information content (AvgIpc) is 2.97. The minimum absolute atomic E-state index is 0.632. The normalized spacial score (nSPS) is 15.1. The molecule has 1 aromatic carbocycles. The summed E-state index contributed by atoms with van der Waals surface area (Å²) < 4.78 is 0. The smallest absolute Gasteiger partial charge is 0.140 e. The maximum atomic E-state index is 4.68. The second-order valence-corrected chi connectivity index (χ2v) is 6.30. The number of benzene rings is 1. The molecule has 0 amide bonds. The molecule has 0 aliphatic carbocycles. The SMILES string of the molecule is Cc1nc(N2CCCC2)c2ccc(NCC(C)C)cc2n1. The van der Waals surface area contributed by atoms with Crippen LogP contribution in [0, 0.1) is 12.8 Å². The lowest BCUT2D eigenvalue weighted by atomic mass is 10.1. The topological polar surface area (TPSA) is 41.1 Å². The third-order valence-electron chi connectivity index (χ3n) is 3.91. The predicted molar refractivity (Wildman–Crippen MR) is 89.0 cm³/mol. The molecule has 0 unspecified atom stereocenters. The van der Waals surface area contributed by atoms with Gasteiger partial charge in [0.15, 0.2) is 0 Å². The van der Waals surface area contributed by atoms with E-state index in [0.29, 0.717) is 5.92 Å². The molecule has 1 aromatic heterocycles. The van der Waals surface area contributed by atoms with Gasteiger partial charge in [0.2, 0.25) is 0 Å². The molecule has 4 nitrogen and oxygen atoms in total.